The van der Waals surface area contributed by atoms with E-state index in [0.29, 0.717) is 30.0 Å². The molecule has 156 valence electrons. The van der Waals surface area contributed by atoms with E-state index < -0.39 is 0 Å². The molecule has 2 aromatic heterocycles. The van der Waals surface area contributed by atoms with Crippen LogP contribution >= 0.6 is 23.4 Å². The van der Waals surface area contributed by atoms with E-state index >= 15 is 0 Å². The van der Waals surface area contributed by atoms with E-state index in [1.165, 1.54) is 11.8 Å². The van der Waals surface area contributed by atoms with Gasteiger partial charge in [-0.2, -0.15) is 5.10 Å². The second kappa shape index (κ2) is 9.51. The molecule has 1 amide bonds. The molecule has 30 heavy (non-hydrogen) atoms. The molecule has 1 fully saturated rings. The summed E-state index contributed by atoms with van der Waals surface area (Å²) in [6.45, 7) is 1.28. The minimum Gasteiger partial charge on any atom is -0.419 e. The van der Waals surface area contributed by atoms with Crippen molar-refractivity contribution in [1.29, 1.82) is 0 Å². The molecular weight excluding hydrogens is 424 g/mol. The van der Waals surface area contributed by atoms with Gasteiger partial charge in [-0.15, -0.1) is 0 Å². The van der Waals surface area contributed by atoms with Crippen LogP contribution in [-0.4, -0.2) is 33.9 Å². The Bertz CT molecular complexity index is 1040. The van der Waals surface area contributed by atoms with Crippen molar-refractivity contribution in [1.82, 2.24) is 14.8 Å². The zero-order valence-electron chi connectivity index (χ0n) is 16.4. The lowest BCUT2D eigenvalue weighted by Gasteiger charge is -2.21. The predicted octanol–water partition coefficient (Wildman–Crippen LogP) is 4.78. The first-order valence-corrected chi connectivity index (χ1v) is 10.8. The van der Waals surface area contributed by atoms with Crippen molar-refractivity contribution >= 4 is 35.0 Å². The Balaban J connectivity index is 1.41. The fourth-order valence-electron chi connectivity index (χ4n) is 3.08. The van der Waals surface area contributed by atoms with E-state index in [1.807, 2.05) is 24.3 Å². The summed E-state index contributed by atoms with van der Waals surface area (Å²) in [5, 5.41) is 7.47. The molecule has 1 aromatic carbocycles. The van der Waals surface area contributed by atoms with Gasteiger partial charge in [0.25, 0.3) is 0 Å². The summed E-state index contributed by atoms with van der Waals surface area (Å²) < 4.78 is 12.6. The highest BCUT2D eigenvalue weighted by Gasteiger charge is 2.21. The molecule has 7 nitrogen and oxygen atoms in total. The number of halogens is 1. The number of nitrogens with one attached hydrogen (secondary N) is 1. The number of pyridine rings is 1. The first-order chi connectivity index (χ1) is 14.6. The molecule has 0 bridgehead atoms. The highest BCUT2D eigenvalue weighted by Crippen LogP contribution is 2.34. The standard InChI is InChI=1S/C21H21ClN4O3S/c1-26-19(5-8-24-26)29-21-18(22)12-17(13-23-21)30-16-4-2-3-15(11-16)25-20(27)14-6-9-28-10-7-14/h2-5,8,11-14H,6-7,9-10H2,1H3,(H,25,27). The van der Waals surface area contributed by atoms with Gasteiger partial charge >= 0.3 is 0 Å². The van der Waals surface area contributed by atoms with Crippen molar-refractivity contribution in [3.05, 3.63) is 53.8 Å². The quantitative estimate of drug-likeness (QED) is 0.589. The molecule has 0 unspecified atom stereocenters. The number of nitrogens with zero attached hydrogens (tertiary/aromatic N) is 3. The van der Waals surface area contributed by atoms with Gasteiger partial charge in [0.2, 0.25) is 17.7 Å². The number of rotatable bonds is 6. The van der Waals surface area contributed by atoms with E-state index in [2.05, 4.69) is 15.4 Å². The molecule has 0 aliphatic carbocycles. The average molecular weight is 445 g/mol. The molecule has 3 aromatic rings. The Morgan fingerprint density at radius 2 is 2.10 bits per heavy atom. The Hall–Kier alpha value is -2.55. The first-order valence-electron chi connectivity index (χ1n) is 9.56. The molecule has 3 heterocycles. The maximum atomic E-state index is 12.5. The van der Waals surface area contributed by atoms with Crippen LogP contribution < -0.4 is 10.1 Å². The van der Waals surface area contributed by atoms with Crippen molar-refractivity contribution in [2.45, 2.75) is 22.6 Å². The lowest BCUT2D eigenvalue weighted by atomic mass is 9.99. The van der Waals surface area contributed by atoms with Crippen molar-refractivity contribution in [3.8, 4) is 11.8 Å². The van der Waals surface area contributed by atoms with Crippen LogP contribution in [0.2, 0.25) is 5.02 Å². The van der Waals surface area contributed by atoms with Crippen LogP contribution in [0.3, 0.4) is 0 Å². The fraction of sp³-hybridized carbons (Fsp3) is 0.286. The largest absolute Gasteiger partial charge is 0.419 e. The zero-order chi connectivity index (χ0) is 20.9. The summed E-state index contributed by atoms with van der Waals surface area (Å²) in [5.41, 5.74) is 0.770. The number of carbonyl (C=O) groups excluding carboxylic acids is 1. The van der Waals surface area contributed by atoms with Crippen molar-refractivity contribution in [2.24, 2.45) is 13.0 Å². The summed E-state index contributed by atoms with van der Waals surface area (Å²) in [5.74, 6) is 0.923. The minimum atomic E-state index is 0.00466. The lowest BCUT2D eigenvalue weighted by Crippen LogP contribution is -2.28. The number of hydrogen-bond donors (Lipinski definition) is 1. The van der Waals surface area contributed by atoms with Gasteiger partial charge in [0, 0.05) is 53.9 Å². The second-order valence-corrected chi connectivity index (χ2v) is 8.41. The molecule has 1 N–H and O–H groups in total. The Labute approximate surface area is 183 Å². The van der Waals surface area contributed by atoms with Gasteiger partial charge < -0.3 is 14.8 Å². The number of aryl methyl sites for hydroxylation is 1. The Morgan fingerprint density at radius 3 is 2.83 bits per heavy atom. The number of aromatic nitrogens is 3. The normalized spacial score (nSPS) is 14.5. The topological polar surface area (TPSA) is 78.3 Å². The maximum Gasteiger partial charge on any atom is 0.240 e. The summed E-state index contributed by atoms with van der Waals surface area (Å²) >= 11 is 7.86. The number of ether oxygens (including phenoxy) is 2. The fourth-order valence-corrected chi connectivity index (χ4v) is 4.23. The number of amides is 1. The summed E-state index contributed by atoms with van der Waals surface area (Å²) in [4.78, 5) is 18.6. The minimum absolute atomic E-state index is 0.00466. The van der Waals surface area contributed by atoms with E-state index in [1.54, 1.807) is 36.3 Å². The molecule has 9 heteroatoms. The number of hydrogen-bond acceptors (Lipinski definition) is 6. The van der Waals surface area contributed by atoms with Gasteiger partial charge in [0.05, 0.1) is 6.20 Å². The number of anilines is 1. The summed E-state index contributed by atoms with van der Waals surface area (Å²) in [6.07, 6.45) is 4.87. The van der Waals surface area contributed by atoms with Gasteiger partial charge in [-0.25, -0.2) is 9.67 Å². The summed E-state index contributed by atoms with van der Waals surface area (Å²) in [6, 6.07) is 11.3. The smallest absolute Gasteiger partial charge is 0.240 e. The summed E-state index contributed by atoms with van der Waals surface area (Å²) in [7, 11) is 1.78. The molecule has 0 saturated carbocycles. The molecule has 1 saturated heterocycles. The monoisotopic (exact) mass is 444 g/mol. The molecule has 0 spiro atoms. The molecule has 0 radical (unpaired) electrons. The van der Waals surface area contributed by atoms with Crippen LogP contribution in [0.1, 0.15) is 12.8 Å². The molecule has 1 aliphatic heterocycles. The van der Waals surface area contributed by atoms with Crippen LogP contribution in [0, 0.1) is 5.92 Å². The Kier molecular flexibility index (Phi) is 6.56. The third kappa shape index (κ3) is 5.13. The zero-order valence-corrected chi connectivity index (χ0v) is 17.9. The molecule has 4 rings (SSSR count). The van der Waals surface area contributed by atoms with E-state index in [9.17, 15) is 4.79 Å². The first kappa shape index (κ1) is 20.7. The molecular formula is C21H21ClN4O3S. The van der Waals surface area contributed by atoms with Crippen molar-refractivity contribution < 1.29 is 14.3 Å². The van der Waals surface area contributed by atoms with Gasteiger partial charge in [0.15, 0.2) is 0 Å². The highest BCUT2D eigenvalue weighted by molar-refractivity contribution is 7.99. The number of carbonyl (C=O) groups is 1. The van der Waals surface area contributed by atoms with Crippen LogP contribution in [0.4, 0.5) is 5.69 Å². The van der Waals surface area contributed by atoms with Crippen LogP contribution in [-0.2, 0) is 16.6 Å². The van der Waals surface area contributed by atoms with Crippen molar-refractivity contribution in [3.63, 3.8) is 0 Å². The van der Waals surface area contributed by atoms with E-state index in [-0.39, 0.29) is 11.8 Å². The second-order valence-electron chi connectivity index (χ2n) is 6.86. The van der Waals surface area contributed by atoms with Gasteiger partial charge in [-0.05, 0) is 37.1 Å². The predicted molar refractivity (Wildman–Crippen MR) is 115 cm³/mol. The van der Waals surface area contributed by atoms with Crippen molar-refractivity contribution in [2.75, 3.05) is 18.5 Å². The third-order valence-electron chi connectivity index (χ3n) is 4.69. The Morgan fingerprint density at radius 1 is 1.27 bits per heavy atom. The highest BCUT2D eigenvalue weighted by atomic mass is 35.5. The molecule has 1 aliphatic rings. The average Bonchev–Trinajstić information content (AvgIpc) is 3.15. The molecule has 0 atom stereocenters. The van der Waals surface area contributed by atoms with Crippen LogP contribution in [0.25, 0.3) is 0 Å². The van der Waals surface area contributed by atoms with Gasteiger partial charge in [0.1, 0.15) is 5.02 Å². The number of benzene rings is 1. The van der Waals surface area contributed by atoms with Gasteiger partial charge in [-0.3, -0.25) is 4.79 Å². The van der Waals surface area contributed by atoms with E-state index in [4.69, 9.17) is 21.1 Å². The lowest BCUT2D eigenvalue weighted by molar-refractivity contribution is -0.122. The van der Waals surface area contributed by atoms with Crippen LogP contribution in [0.15, 0.2) is 58.6 Å². The maximum absolute atomic E-state index is 12.5. The third-order valence-corrected chi connectivity index (χ3v) is 5.91. The SMILES string of the molecule is Cn1nccc1Oc1ncc(Sc2cccc(NC(=O)C3CCOCC3)c2)cc1Cl. The van der Waals surface area contributed by atoms with Gasteiger partial charge in [-0.1, -0.05) is 29.4 Å². The van der Waals surface area contributed by atoms with E-state index in [0.717, 1.165) is 28.3 Å². The van der Waals surface area contributed by atoms with Crippen LogP contribution in [0.5, 0.6) is 11.8 Å².